The SMILES string of the molecule is CC[C@H](C)N(C(=O)CN1CCN(c2ccccc2C)CC1)[C@H]1CCS(=O)(=O)C1. The van der Waals surface area contributed by atoms with E-state index in [4.69, 9.17) is 0 Å². The highest BCUT2D eigenvalue weighted by molar-refractivity contribution is 7.91. The molecule has 2 aliphatic rings. The van der Waals surface area contributed by atoms with Crippen LogP contribution in [0.2, 0.25) is 0 Å². The Kier molecular flexibility index (Phi) is 6.65. The predicted molar refractivity (Wildman–Crippen MR) is 113 cm³/mol. The second-order valence-corrected chi connectivity index (χ2v) is 10.4. The smallest absolute Gasteiger partial charge is 0.237 e. The van der Waals surface area contributed by atoms with Gasteiger partial charge in [0.2, 0.25) is 5.91 Å². The van der Waals surface area contributed by atoms with Crippen molar-refractivity contribution in [2.45, 2.75) is 45.7 Å². The summed E-state index contributed by atoms with van der Waals surface area (Å²) in [7, 11) is -3.01. The number of aryl methyl sites for hydroxylation is 1. The second-order valence-electron chi connectivity index (χ2n) is 8.16. The summed E-state index contributed by atoms with van der Waals surface area (Å²) in [6, 6.07) is 8.31. The van der Waals surface area contributed by atoms with E-state index < -0.39 is 9.84 Å². The standard InChI is InChI=1S/C21H33N3O3S/c1-4-18(3)24(19-9-14-28(26,27)16-19)21(25)15-22-10-12-23(13-11-22)20-8-6-5-7-17(20)2/h5-8,18-19H,4,9-16H2,1-3H3/t18-,19-/m0/s1. The van der Waals surface area contributed by atoms with Crippen molar-refractivity contribution in [1.82, 2.24) is 9.80 Å². The molecule has 0 radical (unpaired) electrons. The van der Waals surface area contributed by atoms with Gasteiger partial charge in [0.25, 0.3) is 0 Å². The fraction of sp³-hybridized carbons (Fsp3) is 0.667. The monoisotopic (exact) mass is 407 g/mol. The number of hydrogen-bond donors (Lipinski definition) is 0. The van der Waals surface area contributed by atoms with Gasteiger partial charge in [0.05, 0.1) is 18.1 Å². The van der Waals surface area contributed by atoms with Crippen molar-refractivity contribution in [3.63, 3.8) is 0 Å². The van der Waals surface area contributed by atoms with E-state index in [-0.39, 0.29) is 29.5 Å². The van der Waals surface area contributed by atoms with Gasteiger partial charge in [0.1, 0.15) is 0 Å². The number of carbonyl (C=O) groups is 1. The lowest BCUT2D eigenvalue weighted by atomic mass is 10.1. The summed E-state index contributed by atoms with van der Waals surface area (Å²) in [4.78, 5) is 19.5. The molecule has 2 saturated heterocycles. The summed E-state index contributed by atoms with van der Waals surface area (Å²) >= 11 is 0. The van der Waals surface area contributed by atoms with Crippen molar-refractivity contribution in [2.24, 2.45) is 0 Å². The summed E-state index contributed by atoms with van der Waals surface area (Å²) < 4.78 is 23.8. The van der Waals surface area contributed by atoms with Crippen LogP contribution in [-0.4, -0.2) is 80.4 Å². The molecule has 0 aromatic heterocycles. The molecular formula is C21H33N3O3S. The van der Waals surface area contributed by atoms with E-state index in [0.717, 1.165) is 32.6 Å². The Labute approximate surface area is 169 Å². The molecular weight excluding hydrogens is 374 g/mol. The molecule has 3 rings (SSSR count). The van der Waals surface area contributed by atoms with Gasteiger partial charge in [-0.1, -0.05) is 25.1 Å². The van der Waals surface area contributed by atoms with Gasteiger partial charge in [-0.25, -0.2) is 8.42 Å². The van der Waals surface area contributed by atoms with Crippen LogP contribution in [-0.2, 0) is 14.6 Å². The molecule has 2 atom stereocenters. The Bertz CT molecular complexity index is 788. The molecule has 7 heteroatoms. The third-order valence-corrected chi connectivity index (χ3v) is 7.89. The molecule has 0 bridgehead atoms. The van der Waals surface area contributed by atoms with Gasteiger partial charge in [0, 0.05) is 44.0 Å². The number of anilines is 1. The lowest BCUT2D eigenvalue weighted by Gasteiger charge is -2.39. The number of amides is 1. The van der Waals surface area contributed by atoms with Crippen molar-refractivity contribution < 1.29 is 13.2 Å². The summed E-state index contributed by atoms with van der Waals surface area (Å²) in [5, 5.41) is 0. The maximum atomic E-state index is 13.1. The number of benzene rings is 1. The van der Waals surface area contributed by atoms with Crippen LogP contribution in [0.4, 0.5) is 5.69 Å². The van der Waals surface area contributed by atoms with E-state index in [1.807, 2.05) is 11.8 Å². The van der Waals surface area contributed by atoms with Crippen molar-refractivity contribution in [2.75, 3.05) is 49.1 Å². The van der Waals surface area contributed by atoms with Crippen LogP contribution in [0, 0.1) is 6.92 Å². The van der Waals surface area contributed by atoms with Gasteiger partial charge >= 0.3 is 0 Å². The van der Waals surface area contributed by atoms with Crippen molar-refractivity contribution in [3.8, 4) is 0 Å². The quantitative estimate of drug-likeness (QED) is 0.721. The summed E-state index contributed by atoms with van der Waals surface area (Å²) in [5.41, 5.74) is 2.54. The van der Waals surface area contributed by atoms with Crippen LogP contribution < -0.4 is 4.90 Å². The topological polar surface area (TPSA) is 60.9 Å². The van der Waals surface area contributed by atoms with Gasteiger partial charge in [-0.3, -0.25) is 9.69 Å². The normalized spacial score (nSPS) is 23.5. The molecule has 0 saturated carbocycles. The molecule has 0 spiro atoms. The average Bonchev–Trinajstić information content (AvgIpc) is 3.02. The molecule has 156 valence electrons. The molecule has 1 aromatic rings. The summed E-state index contributed by atoms with van der Waals surface area (Å²) in [5.74, 6) is 0.387. The zero-order chi connectivity index (χ0) is 20.3. The molecule has 1 amide bonds. The maximum absolute atomic E-state index is 13.1. The Morgan fingerprint density at radius 3 is 2.46 bits per heavy atom. The number of piperazine rings is 1. The average molecular weight is 408 g/mol. The van der Waals surface area contributed by atoms with Crippen LogP contribution in [0.5, 0.6) is 0 Å². The van der Waals surface area contributed by atoms with Crippen LogP contribution in [0.3, 0.4) is 0 Å². The first-order valence-electron chi connectivity index (χ1n) is 10.3. The Hall–Kier alpha value is -1.60. The maximum Gasteiger partial charge on any atom is 0.237 e. The van der Waals surface area contributed by atoms with Crippen molar-refractivity contribution in [1.29, 1.82) is 0 Å². The fourth-order valence-corrected chi connectivity index (χ4v) is 6.05. The zero-order valence-corrected chi connectivity index (χ0v) is 18.1. The number of sulfone groups is 1. The lowest BCUT2D eigenvalue weighted by Crippen LogP contribution is -2.53. The minimum absolute atomic E-state index is 0.0686. The minimum atomic E-state index is -3.01. The van der Waals surface area contributed by atoms with Gasteiger partial charge < -0.3 is 9.80 Å². The third kappa shape index (κ3) is 4.87. The molecule has 1 aromatic carbocycles. The number of rotatable bonds is 6. The molecule has 0 N–H and O–H groups in total. The highest BCUT2D eigenvalue weighted by Crippen LogP contribution is 2.23. The molecule has 2 heterocycles. The van der Waals surface area contributed by atoms with Crippen LogP contribution in [0.25, 0.3) is 0 Å². The molecule has 0 aliphatic carbocycles. The number of nitrogens with zero attached hydrogens (tertiary/aromatic N) is 3. The highest BCUT2D eigenvalue weighted by Gasteiger charge is 2.37. The Morgan fingerprint density at radius 1 is 1.21 bits per heavy atom. The number of hydrogen-bond acceptors (Lipinski definition) is 5. The fourth-order valence-electron chi connectivity index (χ4n) is 4.34. The van der Waals surface area contributed by atoms with E-state index in [1.54, 1.807) is 0 Å². The first-order chi connectivity index (χ1) is 13.3. The molecule has 28 heavy (non-hydrogen) atoms. The van der Waals surface area contributed by atoms with Crippen molar-refractivity contribution >= 4 is 21.4 Å². The number of para-hydroxylation sites is 1. The first kappa shape index (κ1) is 21.1. The second kappa shape index (κ2) is 8.82. The third-order valence-electron chi connectivity index (χ3n) is 6.14. The summed E-state index contributed by atoms with van der Waals surface area (Å²) in [6.07, 6.45) is 1.41. The van der Waals surface area contributed by atoms with Gasteiger partial charge in [-0.15, -0.1) is 0 Å². The molecule has 0 unspecified atom stereocenters. The van der Waals surface area contributed by atoms with E-state index >= 15 is 0 Å². The highest BCUT2D eigenvalue weighted by atomic mass is 32.2. The first-order valence-corrected chi connectivity index (χ1v) is 12.2. The van der Waals surface area contributed by atoms with Gasteiger partial charge in [0.15, 0.2) is 9.84 Å². The lowest BCUT2D eigenvalue weighted by molar-refractivity contribution is -0.136. The van der Waals surface area contributed by atoms with Crippen LogP contribution in [0.1, 0.15) is 32.3 Å². The minimum Gasteiger partial charge on any atom is -0.369 e. The van der Waals surface area contributed by atoms with Crippen LogP contribution in [0.15, 0.2) is 24.3 Å². The Morgan fingerprint density at radius 2 is 1.89 bits per heavy atom. The zero-order valence-electron chi connectivity index (χ0n) is 17.3. The van der Waals surface area contributed by atoms with E-state index in [2.05, 4.69) is 47.9 Å². The van der Waals surface area contributed by atoms with E-state index in [0.29, 0.717) is 13.0 Å². The molecule has 6 nitrogen and oxygen atoms in total. The predicted octanol–water partition coefficient (Wildman–Crippen LogP) is 1.93. The molecule has 2 fully saturated rings. The Balaban J connectivity index is 1.59. The number of carbonyl (C=O) groups excluding carboxylic acids is 1. The van der Waals surface area contributed by atoms with Gasteiger partial charge in [-0.05, 0) is 38.3 Å². The van der Waals surface area contributed by atoms with Crippen LogP contribution >= 0.6 is 0 Å². The molecule has 2 aliphatic heterocycles. The van der Waals surface area contributed by atoms with E-state index in [1.165, 1.54) is 11.3 Å². The van der Waals surface area contributed by atoms with Gasteiger partial charge in [-0.2, -0.15) is 0 Å². The van der Waals surface area contributed by atoms with Crippen molar-refractivity contribution in [3.05, 3.63) is 29.8 Å². The summed E-state index contributed by atoms with van der Waals surface area (Å²) in [6.45, 7) is 10.1. The van der Waals surface area contributed by atoms with E-state index in [9.17, 15) is 13.2 Å². The largest absolute Gasteiger partial charge is 0.369 e.